The molecule has 126 valence electrons. The second-order valence-corrected chi connectivity index (χ2v) is 6.76. The molecule has 0 fully saturated rings. The molecule has 1 N–H and O–H groups in total. The van der Waals surface area contributed by atoms with Crippen molar-refractivity contribution in [3.63, 3.8) is 0 Å². The lowest BCUT2D eigenvalue weighted by atomic mass is 10.1. The molecule has 2 aromatic carbocycles. The molecule has 0 aliphatic carbocycles. The van der Waals surface area contributed by atoms with Crippen molar-refractivity contribution in [2.24, 2.45) is 0 Å². The Morgan fingerprint density at radius 3 is 2.48 bits per heavy atom. The van der Waals surface area contributed by atoms with Gasteiger partial charge in [0.05, 0.1) is 12.0 Å². The van der Waals surface area contributed by atoms with E-state index in [1.54, 1.807) is 0 Å². The zero-order chi connectivity index (χ0) is 17.6. The average Bonchev–Trinajstić information content (AvgIpc) is 2.64. The fraction of sp³-hybridized carbons (Fsp3) is 0.105. The van der Waals surface area contributed by atoms with Crippen molar-refractivity contribution in [2.75, 3.05) is 0 Å². The van der Waals surface area contributed by atoms with Gasteiger partial charge in [0.25, 0.3) is 5.56 Å². The standard InChI is InChI=1S/C19H16IN3O2/c20-16-8-6-14(7-9-16)11-21-18(24)12-23-13-22-17(10-19(23)25)15-4-2-1-3-5-15/h1-10,13H,11-12H2,(H,21,24). The number of nitrogens with one attached hydrogen (secondary N) is 1. The Kier molecular flexibility index (Phi) is 5.60. The van der Waals surface area contributed by atoms with E-state index < -0.39 is 0 Å². The number of carbonyl (C=O) groups is 1. The second kappa shape index (κ2) is 8.06. The SMILES string of the molecule is O=C(Cn1cnc(-c2ccccc2)cc1=O)NCc1ccc(I)cc1. The maximum Gasteiger partial charge on any atom is 0.254 e. The van der Waals surface area contributed by atoms with Crippen molar-refractivity contribution in [2.45, 2.75) is 13.1 Å². The highest BCUT2D eigenvalue weighted by molar-refractivity contribution is 14.1. The Morgan fingerprint density at radius 2 is 1.80 bits per heavy atom. The van der Waals surface area contributed by atoms with Crippen LogP contribution in [0, 0.1) is 3.57 Å². The molecule has 0 saturated heterocycles. The molecular weight excluding hydrogens is 429 g/mol. The largest absolute Gasteiger partial charge is 0.350 e. The lowest BCUT2D eigenvalue weighted by Crippen LogP contribution is -2.31. The summed E-state index contributed by atoms with van der Waals surface area (Å²) in [5, 5.41) is 2.81. The molecule has 3 rings (SSSR count). The molecule has 0 aliphatic rings. The Balaban J connectivity index is 1.63. The van der Waals surface area contributed by atoms with E-state index in [-0.39, 0.29) is 18.0 Å². The van der Waals surface area contributed by atoms with Crippen molar-refractivity contribution >= 4 is 28.5 Å². The van der Waals surface area contributed by atoms with Crippen molar-refractivity contribution < 1.29 is 4.79 Å². The summed E-state index contributed by atoms with van der Waals surface area (Å²) in [4.78, 5) is 28.5. The van der Waals surface area contributed by atoms with Gasteiger partial charge >= 0.3 is 0 Å². The van der Waals surface area contributed by atoms with Crippen molar-refractivity contribution in [1.82, 2.24) is 14.9 Å². The molecule has 0 radical (unpaired) electrons. The van der Waals surface area contributed by atoms with Crippen LogP contribution in [0.3, 0.4) is 0 Å². The van der Waals surface area contributed by atoms with Crippen LogP contribution in [0.2, 0.25) is 0 Å². The molecule has 1 aromatic heterocycles. The summed E-state index contributed by atoms with van der Waals surface area (Å²) < 4.78 is 2.44. The molecular formula is C19H16IN3O2. The smallest absolute Gasteiger partial charge is 0.254 e. The highest BCUT2D eigenvalue weighted by Gasteiger charge is 2.07. The first-order valence-corrected chi connectivity index (χ1v) is 8.83. The van der Waals surface area contributed by atoms with Gasteiger partial charge in [0.15, 0.2) is 0 Å². The molecule has 6 heteroatoms. The van der Waals surface area contributed by atoms with Gasteiger partial charge in [-0.25, -0.2) is 4.98 Å². The van der Waals surface area contributed by atoms with Crippen LogP contribution in [-0.4, -0.2) is 15.5 Å². The Hall–Kier alpha value is -2.48. The van der Waals surface area contributed by atoms with Gasteiger partial charge in [-0.05, 0) is 40.3 Å². The predicted octanol–water partition coefficient (Wildman–Crippen LogP) is 2.83. The molecule has 0 saturated carbocycles. The van der Waals surface area contributed by atoms with Gasteiger partial charge < -0.3 is 5.32 Å². The van der Waals surface area contributed by atoms with E-state index in [0.717, 1.165) is 14.7 Å². The Morgan fingerprint density at radius 1 is 1.08 bits per heavy atom. The van der Waals surface area contributed by atoms with E-state index in [0.29, 0.717) is 12.2 Å². The number of carbonyl (C=O) groups excluding carboxylic acids is 1. The number of halogens is 1. The normalized spacial score (nSPS) is 10.4. The van der Waals surface area contributed by atoms with E-state index in [4.69, 9.17) is 0 Å². The first-order chi connectivity index (χ1) is 12.1. The summed E-state index contributed by atoms with van der Waals surface area (Å²) in [6.07, 6.45) is 1.41. The van der Waals surface area contributed by atoms with E-state index >= 15 is 0 Å². The minimum Gasteiger partial charge on any atom is -0.350 e. The fourth-order valence-electron chi connectivity index (χ4n) is 2.32. The number of nitrogens with zero attached hydrogens (tertiary/aromatic N) is 2. The third-order valence-corrected chi connectivity index (χ3v) is 4.39. The number of rotatable bonds is 5. The van der Waals surface area contributed by atoms with E-state index in [9.17, 15) is 9.59 Å². The first kappa shape index (κ1) is 17.3. The van der Waals surface area contributed by atoms with Crippen molar-refractivity contribution in [1.29, 1.82) is 0 Å². The van der Waals surface area contributed by atoms with Crippen molar-refractivity contribution in [3.05, 3.63) is 86.5 Å². The summed E-state index contributed by atoms with van der Waals surface area (Å²) in [6.45, 7) is 0.380. The van der Waals surface area contributed by atoms with Crippen LogP contribution in [0.1, 0.15) is 5.56 Å². The first-order valence-electron chi connectivity index (χ1n) is 7.75. The van der Waals surface area contributed by atoms with Crippen LogP contribution in [-0.2, 0) is 17.9 Å². The van der Waals surface area contributed by atoms with E-state index in [2.05, 4.69) is 32.9 Å². The molecule has 0 bridgehead atoms. The number of benzene rings is 2. The lowest BCUT2D eigenvalue weighted by molar-refractivity contribution is -0.121. The van der Waals surface area contributed by atoms with Crippen LogP contribution in [0.15, 0.2) is 71.8 Å². The topological polar surface area (TPSA) is 64.0 Å². The third kappa shape index (κ3) is 4.76. The Labute approximate surface area is 158 Å². The van der Waals surface area contributed by atoms with Crippen LogP contribution in [0.4, 0.5) is 0 Å². The zero-order valence-electron chi connectivity index (χ0n) is 13.4. The molecule has 25 heavy (non-hydrogen) atoms. The van der Waals surface area contributed by atoms with Crippen LogP contribution in [0.25, 0.3) is 11.3 Å². The predicted molar refractivity (Wildman–Crippen MR) is 105 cm³/mol. The summed E-state index contributed by atoms with van der Waals surface area (Å²) in [6, 6.07) is 18.8. The minimum atomic E-state index is -0.252. The summed E-state index contributed by atoms with van der Waals surface area (Å²) in [5.74, 6) is -0.227. The maximum absolute atomic E-state index is 12.2. The van der Waals surface area contributed by atoms with Crippen LogP contribution < -0.4 is 10.9 Å². The lowest BCUT2D eigenvalue weighted by Gasteiger charge is -2.08. The fourth-order valence-corrected chi connectivity index (χ4v) is 2.68. The summed E-state index contributed by atoms with van der Waals surface area (Å²) >= 11 is 2.23. The summed E-state index contributed by atoms with van der Waals surface area (Å²) in [5.41, 5.74) is 2.23. The van der Waals surface area contributed by atoms with Gasteiger partial charge in [-0.2, -0.15) is 0 Å². The van der Waals surface area contributed by atoms with Gasteiger partial charge in [0.2, 0.25) is 5.91 Å². The van der Waals surface area contributed by atoms with Gasteiger partial charge in [0.1, 0.15) is 6.54 Å². The summed E-state index contributed by atoms with van der Waals surface area (Å²) in [7, 11) is 0. The Bertz CT molecular complexity index is 921. The highest BCUT2D eigenvalue weighted by Crippen LogP contribution is 2.13. The molecule has 1 heterocycles. The number of aromatic nitrogens is 2. The van der Waals surface area contributed by atoms with Crippen LogP contribution in [0.5, 0.6) is 0 Å². The molecule has 3 aromatic rings. The van der Waals surface area contributed by atoms with Gasteiger partial charge in [-0.1, -0.05) is 42.5 Å². The zero-order valence-corrected chi connectivity index (χ0v) is 15.5. The van der Waals surface area contributed by atoms with Gasteiger partial charge in [-0.15, -0.1) is 0 Å². The quantitative estimate of drug-likeness (QED) is 0.615. The molecule has 0 unspecified atom stereocenters. The van der Waals surface area contributed by atoms with Gasteiger partial charge in [-0.3, -0.25) is 14.2 Å². The molecule has 0 spiro atoms. The van der Waals surface area contributed by atoms with Crippen molar-refractivity contribution in [3.8, 4) is 11.3 Å². The van der Waals surface area contributed by atoms with Crippen LogP contribution >= 0.6 is 22.6 Å². The molecule has 5 nitrogen and oxygen atoms in total. The highest BCUT2D eigenvalue weighted by atomic mass is 127. The minimum absolute atomic E-state index is 0.0503. The third-order valence-electron chi connectivity index (χ3n) is 3.67. The maximum atomic E-state index is 12.2. The number of amides is 1. The van der Waals surface area contributed by atoms with Gasteiger partial charge in [0, 0.05) is 21.7 Å². The second-order valence-electron chi connectivity index (χ2n) is 5.51. The molecule has 0 atom stereocenters. The number of hydrogen-bond donors (Lipinski definition) is 1. The number of hydrogen-bond acceptors (Lipinski definition) is 3. The molecule has 1 amide bonds. The van der Waals surface area contributed by atoms with E-state index in [1.165, 1.54) is 17.0 Å². The molecule has 0 aliphatic heterocycles. The van der Waals surface area contributed by atoms with E-state index in [1.807, 2.05) is 54.6 Å². The average molecular weight is 445 g/mol. The monoisotopic (exact) mass is 445 g/mol.